The molecule has 6 rings (SSSR count). The number of aromatic nitrogens is 4. The summed E-state index contributed by atoms with van der Waals surface area (Å²) in [5, 5.41) is 6.28. The van der Waals surface area contributed by atoms with Gasteiger partial charge in [-0.25, -0.2) is 19.9 Å². The Morgan fingerprint density at radius 2 is 1.62 bits per heavy atom. The lowest BCUT2D eigenvalue weighted by molar-refractivity contribution is -0.130. The van der Waals surface area contributed by atoms with Gasteiger partial charge in [0.25, 0.3) is 0 Å². The Morgan fingerprint density at radius 1 is 0.943 bits per heavy atom. The summed E-state index contributed by atoms with van der Waals surface area (Å²) in [5.41, 5.74) is 11.4. The quantitative estimate of drug-likeness (QED) is 0.223. The third-order valence-electron chi connectivity index (χ3n) is 8.94. The zero-order valence-electron chi connectivity index (χ0n) is 33.1. The number of benzene rings is 1. The minimum absolute atomic E-state index is 0.0298. The lowest BCUT2D eigenvalue weighted by Gasteiger charge is -2.31. The molecule has 1 atom stereocenters. The molecule has 286 valence electrons. The van der Waals surface area contributed by atoms with Crippen LogP contribution in [0.5, 0.6) is 0 Å². The molecule has 0 radical (unpaired) electrons. The third-order valence-corrected chi connectivity index (χ3v) is 8.94. The molecule has 3 N–H and O–H groups in total. The number of ketones is 2. The second kappa shape index (κ2) is 20.3. The molecule has 2 aromatic heterocycles. The first kappa shape index (κ1) is 42.4. The highest BCUT2D eigenvalue weighted by Gasteiger charge is 2.25. The molecule has 0 bridgehead atoms. The molecule has 3 aromatic rings. The second-order valence-electron chi connectivity index (χ2n) is 14.1. The number of amides is 1. The van der Waals surface area contributed by atoms with Crippen LogP contribution in [-0.2, 0) is 33.9 Å². The summed E-state index contributed by atoms with van der Waals surface area (Å²) < 4.78 is 0. The first-order valence-electron chi connectivity index (χ1n) is 18.2. The molecule has 1 unspecified atom stereocenters. The van der Waals surface area contributed by atoms with Gasteiger partial charge >= 0.3 is 0 Å². The average Bonchev–Trinajstić information content (AvgIpc) is 3.09. The van der Waals surface area contributed by atoms with Crippen molar-refractivity contribution in [2.24, 2.45) is 11.7 Å². The van der Waals surface area contributed by atoms with Gasteiger partial charge in [-0.05, 0) is 40.2 Å². The van der Waals surface area contributed by atoms with E-state index in [1.165, 1.54) is 30.7 Å². The largest absolute Gasteiger partial charge is 0.388 e. The number of nitrogens with one attached hydrogen (secondary N) is 1. The summed E-state index contributed by atoms with van der Waals surface area (Å²) in [4.78, 5) is 60.0. The van der Waals surface area contributed by atoms with Crippen molar-refractivity contribution in [1.82, 2.24) is 34.6 Å². The molecule has 3 aliphatic rings. The van der Waals surface area contributed by atoms with Gasteiger partial charge in [0.2, 0.25) is 5.91 Å². The Kier molecular flexibility index (Phi) is 16.2. The molecule has 13 nitrogen and oxygen atoms in total. The predicted molar refractivity (Wildman–Crippen MR) is 210 cm³/mol. The third kappa shape index (κ3) is 13.8. The fraction of sp³-hybridized carbons (Fsp3) is 0.500. The summed E-state index contributed by atoms with van der Waals surface area (Å²) in [6, 6.07) is 10.4. The van der Waals surface area contributed by atoms with Gasteiger partial charge in [0.15, 0.2) is 5.78 Å². The van der Waals surface area contributed by atoms with E-state index in [1.54, 1.807) is 11.1 Å². The summed E-state index contributed by atoms with van der Waals surface area (Å²) in [5.74, 6) is 3.68. The number of fused-ring (bicyclic) bond motifs is 1. The molecule has 13 heteroatoms. The number of piperidine rings is 2. The second-order valence-corrected chi connectivity index (χ2v) is 14.1. The lowest BCUT2D eigenvalue weighted by atomic mass is 9.98. The standard InChI is InChI=1S/C15H19N5.C13H17NO.C10H16N2O2.C2H6N2/c1-9-7-16-11(3)19-15(9)20-6-5-14-13(8-20)10(2)17-12(4)18-14;1-11-9-14(8-7-13(11)15)10-12-5-3-2-4-6-12;1-8(13)12-5-4-10(14)9(7-12)6-11(2)3;1-2(3)4/h7H,5-6,8H2,1-4H3;2-6,11H,7-10H2,1H3;6H,4-5,7H2,1-3H3;1H3,(H3,3,4)/b;;9-6+;. The minimum Gasteiger partial charge on any atom is -0.388 e. The molecule has 3 aliphatic heterocycles. The van der Waals surface area contributed by atoms with Gasteiger partial charge < -0.3 is 20.4 Å². The van der Waals surface area contributed by atoms with Gasteiger partial charge in [-0.1, -0.05) is 37.3 Å². The number of carbonyl (C=O) groups is 3. The number of anilines is 1. The maximum Gasteiger partial charge on any atom is 0.219 e. The van der Waals surface area contributed by atoms with Crippen molar-refractivity contribution in [2.45, 2.75) is 80.8 Å². The first-order chi connectivity index (χ1) is 25.0. The van der Waals surface area contributed by atoms with E-state index in [4.69, 9.17) is 11.1 Å². The molecule has 53 heavy (non-hydrogen) atoms. The molecule has 0 saturated carbocycles. The normalized spacial score (nSPS) is 17.7. The summed E-state index contributed by atoms with van der Waals surface area (Å²) in [7, 11) is 3.74. The summed E-state index contributed by atoms with van der Waals surface area (Å²) in [6.45, 7) is 18.7. The van der Waals surface area contributed by atoms with Crippen LogP contribution >= 0.6 is 0 Å². The topological polar surface area (TPSA) is 166 Å². The maximum atomic E-state index is 11.5. The van der Waals surface area contributed by atoms with Gasteiger partial charge in [0.05, 0.1) is 18.1 Å². The van der Waals surface area contributed by atoms with Crippen molar-refractivity contribution in [3.8, 4) is 0 Å². The van der Waals surface area contributed by atoms with Crippen molar-refractivity contribution < 1.29 is 14.4 Å². The molecule has 1 amide bonds. The summed E-state index contributed by atoms with van der Waals surface area (Å²) in [6.07, 6.45) is 5.79. The fourth-order valence-electron chi connectivity index (χ4n) is 6.29. The number of likely N-dealkylation sites (tertiary alicyclic amines) is 2. The molecule has 2 fully saturated rings. The van der Waals surface area contributed by atoms with Gasteiger partial charge in [0, 0.05) is 120 Å². The van der Waals surface area contributed by atoms with Crippen molar-refractivity contribution in [1.29, 1.82) is 5.41 Å². The van der Waals surface area contributed by atoms with E-state index in [2.05, 4.69) is 67.8 Å². The number of amidine groups is 1. The number of aryl methyl sites for hydroxylation is 4. The Morgan fingerprint density at radius 3 is 2.25 bits per heavy atom. The highest BCUT2D eigenvalue weighted by molar-refractivity contribution is 5.97. The van der Waals surface area contributed by atoms with Crippen molar-refractivity contribution in [3.63, 3.8) is 0 Å². The van der Waals surface area contributed by atoms with Gasteiger partial charge in [0.1, 0.15) is 23.2 Å². The Bertz CT molecular complexity index is 1750. The predicted octanol–water partition coefficient (Wildman–Crippen LogP) is 4.36. The number of nitrogens with zero attached hydrogens (tertiary/aromatic N) is 8. The average molecular weight is 727 g/mol. The number of nitrogens with two attached hydrogens (primary N) is 1. The molecular weight excluding hydrogens is 669 g/mol. The Hall–Kier alpha value is -5.04. The molecular formula is C40H58N10O3. The van der Waals surface area contributed by atoms with Gasteiger partial charge in [-0.15, -0.1) is 0 Å². The SMILES string of the molecule is CC(=N)N.CC(=O)N1CCC(=O)/C(=C/N(C)C)C1.CC1CN(Cc2ccccc2)CCC1=O.Cc1nc(C)c2c(n1)CCN(c1nc(C)ncc1C)C2. The van der Waals surface area contributed by atoms with Crippen LogP contribution in [0.1, 0.15) is 73.3 Å². The lowest BCUT2D eigenvalue weighted by Crippen LogP contribution is -2.39. The van der Waals surface area contributed by atoms with Gasteiger partial charge in [-0.2, -0.15) is 0 Å². The number of hydrogen-bond acceptors (Lipinski definition) is 11. The van der Waals surface area contributed by atoms with Crippen LogP contribution in [-0.4, -0.2) is 105 Å². The van der Waals surface area contributed by atoms with E-state index in [1.807, 2.05) is 52.0 Å². The Labute approximate surface area is 315 Å². The van der Waals surface area contributed by atoms with Gasteiger partial charge in [-0.3, -0.25) is 24.7 Å². The van der Waals surface area contributed by atoms with E-state index < -0.39 is 0 Å². The van der Waals surface area contributed by atoms with E-state index in [9.17, 15) is 14.4 Å². The number of hydrogen-bond donors (Lipinski definition) is 2. The van der Waals surface area contributed by atoms with Crippen molar-refractivity contribution in [2.75, 3.05) is 51.7 Å². The van der Waals surface area contributed by atoms with Crippen molar-refractivity contribution >= 4 is 29.1 Å². The van der Waals surface area contributed by atoms with E-state index in [-0.39, 0.29) is 23.4 Å². The van der Waals surface area contributed by atoms with E-state index in [0.717, 1.165) is 73.4 Å². The molecule has 5 heterocycles. The van der Waals surface area contributed by atoms with Crippen LogP contribution in [0, 0.1) is 39.0 Å². The molecule has 0 aliphatic carbocycles. The molecule has 2 saturated heterocycles. The van der Waals surface area contributed by atoms with Crippen LogP contribution in [0.4, 0.5) is 5.82 Å². The van der Waals surface area contributed by atoms with Crippen LogP contribution in [0.2, 0.25) is 0 Å². The monoisotopic (exact) mass is 726 g/mol. The highest BCUT2D eigenvalue weighted by Crippen LogP contribution is 2.26. The van der Waals surface area contributed by atoms with Crippen LogP contribution < -0.4 is 10.6 Å². The number of rotatable bonds is 4. The zero-order valence-corrected chi connectivity index (χ0v) is 33.1. The smallest absolute Gasteiger partial charge is 0.219 e. The van der Waals surface area contributed by atoms with Crippen molar-refractivity contribution in [3.05, 3.63) is 88.0 Å². The first-order valence-corrected chi connectivity index (χ1v) is 18.2. The molecule has 0 spiro atoms. The minimum atomic E-state index is 0.0298. The fourth-order valence-corrected chi connectivity index (χ4v) is 6.29. The van der Waals surface area contributed by atoms with Crippen LogP contribution in [0.3, 0.4) is 0 Å². The zero-order chi connectivity index (χ0) is 39.2. The maximum absolute atomic E-state index is 11.5. The number of carbonyl (C=O) groups excluding carboxylic acids is 3. The Balaban J connectivity index is 0.000000207. The van der Waals surface area contributed by atoms with Crippen LogP contribution in [0.25, 0.3) is 0 Å². The van der Waals surface area contributed by atoms with E-state index >= 15 is 0 Å². The molecule has 1 aromatic carbocycles. The summed E-state index contributed by atoms with van der Waals surface area (Å²) >= 11 is 0. The van der Waals surface area contributed by atoms with Crippen LogP contribution in [0.15, 0.2) is 48.3 Å². The van der Waals surface area contributed by atoms with E-state index in [0.29, 0.717) is 31.7 Å². The highest BCUT2D eigenvalue weighted by atomic mass is 16.2. The number of Topliss-reactive ketones (excluding diaryl/α,β-unsaturated/α-hetero) is 2.